The van der Waals surface area contributed by atoms with Crippen molar-refractivity contribution in [1.82, 2.24) is 4.90 Å². The van der Waals surface area contributed by atoms with Gasteiger partial charge in [0.15, 0.2) is 23.0 Å². The lowest BCUT2D eigenvalue weighted by Gasteiger charge is -2.15. The van der Waals surface area contributed by atoms with Crippen molar-refractivity contribution >= 4 is 23.1 Å². The summed E-state index contributed by atoms with van der Waals surface area (Å²) in [6, 6.07) is 10.5. The van der Waals surface area contributed by atoms with Crippen LogP contribution in [0.5, 0.6) is 23.0 Å². The summed E-state index contributed by atoms with van der Waals surface area (Å²) in [5.41, 5.74) is 1.71. The van der Waals surface area contributed by atoms with E-state index in [2.05, 4.69) is 12.2 Å². The third kappa shape index (κ3) is 3.95. The van der Waals surface area contributed by atoms with Crippen molar-refractivity contribution in [3.05, 3.63) is 47.7 Å². The molecule has 0 atom stereocenters. The molecule has 32 heavy (non-hydrogen) atoms. The molecule has 168 valence electrons. The zero-order valence-electron chi connectivity index (χ0n) is 18.4. The summed E-state index contributed by atoms with van der Waals surface area (Å²) in [4.78, 5) is 27.9. The summed E-state index contributed by atoms with van der Waals surface area (Å²) < 4.78 is 21.5. The van der Waals surface area contributed by atoms with Gasteiger partial charge >= 0.3 is 0 Å². The van der Waals surface area contributed by atoms with E-state index < -0.39 is 0 Å². The van der Waals surface area contributed by atoms with E-state index in [0.29, 0.717) is 46.4 Å². The fourth-order valence-corrected chi connectivity index (χ4v) is 3.79. The Morgan fingerprint density at radius 1 is 0.938 bits per heavy atom. The van der Waals surface area contributed by atoms with Crippen molar-refractivity contribution in [2.45, 2.75) is 26.2 Å². The van der Waals surface area contributed by atoms with Crippen LogP contribution in [0.25, 0.3) is 5.57 Å². The Labute approximate surface area is 186 Å². The average molecular weight is 438 g/mol. The molecule has 0 radical (unpaired) electrons. The zero-order valence-corrected chi connectivity index (χ0v) is 18.4. The van der Waals surface area contributed by atoms with E-state index in [1.54, 1.807) is 43.5 Å². The topological polar surface area (TPSA) is 86.3 Å². The minimum absolute atomic E-state index is 0.154. The molecule has 2 aliphatic heterocycles. The zero-order chi connectivity index (χ0) is 22.7. The van der Waals surface area contributed by atoms with Gasteiger partial charge in [-0.1, -0.05) is 25.8 Å². The molecule has 4 rings (SSSR count). The lowest BCUT2D eigenvalue weighted by Crippen LogP contribution is -2.33. The molecule has 0 unspecified atom stereocenters. The van der Waals surface area contributed by atoms with Crippen molar-refractivity contribution in [3.8, 4) is 23.0 Å². The summed E-state index contributed by atoms with van der Waals surface area (Å²) in [6.45, 7) is 2.60. The van der Waals surface area contributed by atoms with E-state index in [4.69, 9.17) is 18.9 Å². The normalized spacial score (nSPS) is 14.9. The molecule has 1 N–H and O–H groups in total. The van der Waals surface area contributed by atoms with Crippen LogP contribution in [0.1, 0.15) is 31.7 Å². The summed E-state index contributed by atoms with van der Waals surface area (Å²) >= 11 is 0. The number of methoxy groups -OCH3 is 2. The van der Waals surface area contributed by atoms with Gasteiger partial charge in [0.05, 0.1) is 19.8 Å². The number of unbranched alkanes of at least 4 members (excludes halogenated alkanes) is 2. The first-order valence-corrected chi connectivity index (χ1v) is 10.6. The lowest BCUT2D eigenvalue weighted by atomic mass is 10.0. The number of fused-ring (bicyclic) bond motifs is 1. The van der Waals surface area contributed by atoms with Gasteiger partial charge < -0.3 is 24.3 Å². The number of carbonyl (C=O) groups is 2. The molecule has 0 bridgehead atoms. The Hall–Kier alpha value is -3.68. The highest BCUT2D eigenvalue weighted by Gasteiger charge is 2.39. The first-order valence-electron chi connectivity index (χ1n) is 10.6. The number of carbonyl (C=O) groups excluding carboxylic acids is 2. The number of hydrogen-bond acceptors (Lipinski definition) is 7. The van der Waals surface area contributed by atoms with Gasteiger partial charge in [-0.05, 0) is 36.2 Å². The van der Waals surface area contributed by atoms with E-state index in [9.17, 15) is 9.59 Å². The minimum Gasteiger partial charge on any atom is -0.493 e. The number of imide groups is 1. The van der Waals surface area contributed by atoms with Crippen molar-refractivity contribution < 1.29 is 28.5 Å². The Morgan fingerprint density at radius 2 is 1.72 bits per heavy atom. The number of benzene rings is 2. The second kappa shape index (κ2) is 9.21. The molecule has 0 saturated heterocycles. The maximum atomic E-state index is 13.3. The van der Waals surface area contributed by atoms with Crippen LogP contribution in [0.2, 0.25) is 0 Å². The smallest absolute Gasteiger partial charge is 0.278 e. The van der Waals surface area contributed by atoms with Crippen molar-refractivity contribution in [3.63, 3.8) is 0 Å². The van der Waals surface area contributed by atoms with Crippen LogP contribution < -0.4 is 24.3 Å². The molecule has 2 aliphatic rings. The first kappa shape index (κ1) is 21.5. The quantitative estimate of drug-likeness (QED) is 0.471. The number of nitrogens with one attached hydrogen (secondary N) is 1. The largest absolute Gasteiger partial charge is 0.493 e. The summed E-state index contributed by atoms with van der Waals surface area (Å²) in [5.74, 6) is 1.55. The van der Waals surface area contributed by atoms with Crippen LogP contribution in [0, 0.1) is 0 Å². The molecule has 2 aromatic carbocycles. The summed E-state index contributed by atoms with van der Waals surface area (Å²) in [6.07, 6.45) is 2.69. The third-order valence-electron chi connectivity index (χ3n) is 5.47. The molecule has 2 heterocycles. The van der Waals surface area contributed by atoms with Crippen LogP contribution in [-0.4, -0.2) is 44.3 Å². The first-order chi connectivity index (χ1) is 15.6. The highest BCUT2D eigenvalue weighted by molar-refractivity contribution is 6.36. The maximum Gasteiger partial charge on any atom is 0.278 e. The van der Waals surface area contributed by atoms with E-state index in [1.807, 2.05) is 0 Å². The molecule has 2 aromatic rings. The van der Waals surface area contributed by atoms with Gasteiger partial charge in [0.2, 0.25) is 6.79 Å². The number of anilines is 1. The standard InChI is InChI=1S/C24H26N2O6/c1-4-5-6-11-26-23(27)21(15-7-9-17(29-2)19(12-15)30-3)22(24(26)28)25-16-8-10-18-20(13-16)32-14-31-18/h7-10,12-13,25H,4-6,11,14H2,1-3H3. The average Bonchev–Trinajstić information content (AvgIpc) is 3.36. The van der Waals surface area contributed by atoms with Crippen molar-refractivity contribution in [2.24, 2.45) is 0 Å². The highest BCUT2D eigenvalue weighted by Crippen LogP contribution is 2.38. The number of hydrogen-bond donors (Lipinski definition) is 1. The van der Waals surface area contributed by atoms with E-state index in [1.165, 1.54) is 12.0 Å². The van der Waals surface area contributed by atoms with Crippen LogP contribution in [0.3, 0.4) is 0 Å². The van der Waals surface area contributed by atoms with Crippen LogP contribution >= 0.6 is 0 Å². The highest BCUT2D eigenvalue weighted by atomic mass is 16.7. The van der Waals surface area contributed by atoms with Gasteiger partial charge in [-0.15, -0.1) is 0 Å². The van der Waals surface area contributed by atoms with Crippen molar-refractivity contribution in [1.29, 1.82) is 0 Å². The molecule has 8 nitrogen and oxygen atoms in total. The molecule has 2 amide bonds. The number of amides is 2. The molecular formula is C24H26N2O6. The number of nitrogens with zero attached hydrogens (tertiary/aromatic N) is 1. The Morgan fingerprint density at radius 3 is 2.47 bits per heavy atom. The minimum atomic E-state index is -0.353. The molecule has 8 heteroatoms. The van der Waals surface area contributed by atoms with Gasteiger partial charge in [0, 0.05) is 18.3 Å². The van der Waals surface area contributed by atoms with E-state index in [0.717, 1.165) is 19.3 Å². The van der Waals surface area contributed by atoms with Gasteiger partial charge in [-0.3, -0.25) is 14.5 Å². The second-order valence-electron chi connectivity index (χ2n) is 7.48. The summed E-state index contributed by atoms with van der Waals surface area (Å²) in [5, 5.41) is 3.15. The van der Waals surface area contributed by atoms with Gasteiger partial charge in [0.1, 0.15) is 5.70 Å². The molecule has 0 aliphatic carbocycles. The molecule has 0 saturated carbocycles. The fourth-order valence-electron chi connectivity index (χ4n) is 3.79. The van der Waals surface area contributed by atoms with E-state index >= 15 is 0 Å². The monoisotopic (exact) mass is 438 g/mol. The van der Waals surface area contributed by atoms with Crippen LogP contribution in [0.4, 0.5) is 5.69 Å². The fraction of sp³-hybridized carbons (Fsp3) is 0.333. The van der Waals surface area contributed by atoms with Crippen LogP contribution in [-0.2, 0) is 9.59 Å². The number of rotatable bonds is 9. The van der Waals surface area contributed by atoms with Gasteiger partial charge in [-0.25, -0.2) is 0 Å². The van der Waals surface area contributed by atoms with Gasteiger partial charge in [0.25, 0.3) is 11.8 Å². The summed E-state index contributed by atoms with van der Waals surface area (Å²) in [7, 11) is 3.07. The maximum absolute atomic E-state index is 13.3. The van der Waals surface area contributed by atoms with Gasteiger partial charge in [-0.2, -0.15) is 0 Å². The van der Waals surface area contributed by atoms with Crippen molar-refractivity contribution in [2.75, 3.05) is 32.9 Å². The van der Waals surface area contributed by atoms with Crippen LogP contribution in [0.15, 0.2) is 42.1 Å². The predicted molar refractivity (Wildman–Crippen MR) is 119 cm³/mol. The van der Waals surface area contributed by atoms with E-state index in [-0.39, 0.29) is 24.3 Å². The SMILES string of the molecule is CCCCCN1C(=O)C(Nc2ccc3c(c2)OCO3)=C(c2ccc(OC)c(OC)c2)C1=O. The molecule has 0 fully saturated rings. The Kier molecular flexibility index (Phi) is 6.20. The Bertz CT molecular complexity index is 1080. The lowest BCUT2D eigenvalue weighted by molar-refractivity contribution is -0.136. The second-order valence-corrected chi connectivity index (χ2v) is 7.48. The Balaban J connectivity index is 1.73. The molecular weight excluding hydrogens is 412 g/mol. The number of ether oxygens (including phenoxy) is 4. The third-order valence-corrected chi connectivity index (χ3v) is 5.47. The molecule has 0 spiro atoms. The molecule has 0 aromatic heterocycles. The predicted octanol–water partition coefficient (Wildman–Crippen LogP) is 3.81.